The molecule has 1 fully saturated rings. The molecule has 0 spiro atoms. The van der Waals surface area contributed by atoms with Gasteiger partial charge in [-0.1, -0.05) is 6.07 Å². The molecule has 1 N–H and O–H groups in total. The fraction of sp³-hybridized carbons (Fsp3) is 0.467. The molecule has 1 heterocycles. The van der Waals surface area contributed by atoms with Crippen LogP contribution in [0.25, 0.3) is 10.9 Å². The molecule has 0 amide bonds. The van der Waals surface area contributed by atoms with Crippen LogP contribution >= 0.6 is 0 Å². The van der Waals surface area contributed by atoms with Crippen LogP contribution in [-0.2, 0) is 5.60 Å². The maximum Gasteiger partial charge on any atom is 0.0840 e. The van der Waals surface area contributed by atoms with E-state index in [0.717, 1.165) is 5.56 Å². The lowest BCUT2D eigenvalue weighted by molar-refractivity contribution is 0.0787. The minimum absolute atomic E-state index is 0.695. The van der Waals surface area contributed by atoms with Crippen LogP contribution in [0.5, 0.6) is 0 Å². The summed E-state index contributed by atoms with van der Waals surface area (Å²) < 4.78 is 2.38. The summed E-state index contributed by atoms with van der Waals surface area (Å²) in [6.45, 7) is 3.66. The van der Waals surface area contributed by atoms with Crippen molar-refractivity contribution in [2.75, 3.05) is 0 Å². The third-order valence-corrected chi connectivity index (χ3v) is 3.89. The van der Waals surface area contributed by atoms with Crippen molar-refractivity contribution in [1.82, 2.24) is 4.57 Å². The first kappa shape index (κ1) is 10.8. The predicted octanol–water partition coefficient (Wildman–Crippen LogP) is 3.59. The second-order valence-corrected chi connectivity index (χ2v) is 5.64. The smallest absolute Gasteiger partial charge is 0.0840 e. The van der Waals surface area contributed by atoms with Gasteiger partial charge < -0.3 is 9.67 Å². The average Bonchev–Trinajstić information content (AvgIpc) is 2.57. The Morgan fingerprint density at radius 1 is 1.24 bits per heavy atom. The van der Waals surface area contributed by atoms with Crippen molar-refractivity contribution in [3.63, 3.8) is 0 Å². The molecule has 1 aliphatic rings. The Labute approximate surface area is 102 Å². The number of rotatable bonds is 2. The number of aromatic nitrogens is 1. The Hall–Kier alpha value is -1.28. The Balaban J connectivity index is 2.07. The van der Waals surface area contributed by atoms with Crippen molar-refractivity contribution in [1.29, 1.82) is 0 Å². The molecule has 2 aromatic rings. The lowest BCUT2D eigenvalue weighted by Crippen LogP contribution is -2.16. The molecular formula is C15H19NO. The van der Waals surface area contributed by atoms with Gasteiger partial charge >= 0.3 is 0 Å². The predicted molar refractivity (Wildman–Crippen MR) is 70.1 cm³/mol. The van der Waals surface area contributed by atoms with Gasteiger partial charge in [-0.15, -0.1) is 0 Å². The van der Waals surface area contributed by atoms with Gasteiger partial charge in [0.1, 0.15) is 0 Å². The number of benzene rings is 1. The van der Waals surface area contributed by atoms with Crippen LogP contribution < -0.4 is 0 Å². The molecule has 17 heavy (non-hydrogen) atoms. The van der Waals surface area contributed by atoms with Gasteiger partial charge in [0.2, 0.25) is 0 Å². The fourth-order valence-electron chi connectivity index (χ4n) is 2.53. The topological polar surface area (TPSA) is 25.2 Å². The molecule has 0 saturated heterocycles. The summed E-state index contributed by atoms with van der Waals surface area (Å²) in [5, 5.41) is 11.2. The molecule has 1 saturated carbocycles. The summed E-state index contributed by atoms with van der Waals surface area (Å²) in [6, 6.07) is 9.13. The quantitative estimate of drug-likeness (QED) is 0.836. The SMILES string of the molecule is CC(C)(O)c1ccc2c(ccn2C2CCC2)c1. The minimum Gasteiger partial charge on any atom is -0.386 e. The highest BCUT2D eigenvalue weighted by molar-refractivity contribution is 5.81. The molecule has 1 aromatic heterocycles. The van der Waals surface area contributed by atoms with Crippen LogP contribution in [0.3, 0.4) is 0 Å². The number of fused-ring (bicyclic) bond motifs is 1. The lowest BCUT2D eigenvalue weighted by atomic mass is 9.92. The molecule has 3 rings (SSSR count). The highest BCUT2D eigenvalue weighted by Crippen LogP contribution is 2.35. The van der Waals surface area contributed by atoms with E-state index in [0.29, 0.717) is 6.04 Å². The zero-order valence-electron chi connectivity index (χ0n) is 10.5. The van der Waals surface area contributed by atoms with Crippen LogP contribution in [0.1, 0.15) is 44.7 Å². The van der Waals surface area contributed by atoms with Crippen molar-refractivity contribution in [2.45, 2.75) is 44.8 Å². The van der Waals surface area contributed by atoms with Crippen molar-refractivity contribution in [3.05, 3.63) is 36.0 Å². The molecule has 90 valence electrons. The minimum atomic E-state index is -0.757. The summed E-state index contributed by atoms with van der Waals surface area (Å²) in [7, 11) is 0. The summed E-state index contributed by atoms with van der Waals surface area (Å²) in [5.41, 5.74) is 1.52. The van der Waals surface area contributed by atoms with Gasteiger partial charge in [0, 0.05) is 17.8 Å². The molecule has 0 radical (unpaired) electrons. The van der Waals surface area contributed by atoms with Crippen LogP contribution in [0.15, 0.2) is 30.5 Å². The van der Waals surface area contributed by atoms with Gasteiger partial charge in [-0.05, 0) is 62.3 Å². The van der Waals surface area contributed by atoms with Gasteiger partial charge in [-0.3, -0.25) is 0 Å². The largest absolute Gasteiger partial charge is 0.386 e. The number of hydrogen-bond acceptors (Lipinski definition) is 1. The molecule has 0 atom stereocenters. The Morgan fingerprint density at radius 2 is 2.00 bits per heavy atom. The number of hydrogen-bond donors (Lipinski definition) is 1. The van der Waals surface area contributed by atoms with Crippen molar-refractivity contribution in [3.8, 4) is 0 Å². The maximum atomic E-state index is 10.0. The monoisotopic (exact) mass is 229 g/mol. The Bertz CT molecular complexity index is 544. The van der Waals surface area contributed by atoms with E-state index in [9.17, 15) is 5.11 Å². The van der Waals surface area contributed by atoms with Crippen molar-refractivity contribution < 1.29 is 5.11 Å². The highest BCUT2D eigenvalue weighted by Gasteiger charge is 2.21. The van der Waals surface area contributed by atoms with E-state index in [1.807, 2.05) is 19.9 Å². The van der Waals surface area contributed by atoms with E-state index in [-0.39, 0.29) is 0 Å². The van der Waals surface area contributed by atoms with Gasteiger partial charge in [0.25, 0.3) is 0 Å². The first-order chi connectivity index (χ1) is 8.05. The Morgan fingerprint density at radius 3 is 2.59 bits per heavy atom. The van der Waals surface area contributed by atoms with E-state index in [4.69, 9.17) is 0 Å². The first-order valence-electron chi connectivity index (χ1n) is 6.39. The lowest BCUT2D eigenvalue weighted by Gasteiger charge is -2.28. The van der Waals surface area contributed by atoms with E-state index in [1.165, 1.54) is 30.2 Å². The van der Waals surface area contributed by atoms with Gasteiger partial charge in [-0.25, -0.2) is 0 Å². The molecule has 0 bridgehead atoms. The fourth-order valence-corrected chi connectivity index (χ4v) is 2.53. The summed E-state index contributed by atoms with van der Waals surface area (Å²) in [4.78, 5) is 0. The van der Waals surface area contributed by atoms with Crippen LogP contribution in [-0.4, -0.2) is 9.67 Å². The standard InChI is InChI=1S/C15H19NO/c1-15(2,17)12-6-7-14-11(10-12)8-9-16(14)13-4-3-5-13/h6-10,13,17H,3-5H2,1-2H3. The zero-order valence-corrected chi connectivity index (χ0v) is 10.5. The number of nitrogens with zero attached hydrogens (tertiary/aromatic N) is 1. The van der Waals surface area contributed by atoms with E-state index in [1.54, 1.807) is 0 Å². The third kappa shape index (κ3) is 1.77. The van der Waals surface area contributed by atoms with Crippen molar-refractivity contribution in [2.24, 2.45) is 0 Å². The van der Waals surface area contributed by atoms with Crippen LogP contribution in [0.4, 0.5) is 0 Å². The summed E-state index contributed by atoms with van der Waals surface area (Å²) >= 11 is 0. The van der Waals surface area contributed by atoms with Gasteiger partial charge in [0.05, 0.1) is 5.60 Å². The molecule has 0 aliphatic heterocycles. The van der Waals surface area contributed by atoms with E-state index in [2.05, 4.69) is 29.0 Å². The third-order valence-electron chi connectivity index (χ3n) is 3.89. The zero-order chi connectivity index (χ0) is 12.0. The van der Waals surface area contributed by atoms with Gasteiger partial charge in [0.15, 0.2) is 0 Å². The second-order valence-electron chi connectivity index (χ2n) is 5.64. The molecule has 1 aromatic carbocycles. The average molecular weight is 229 g/mol. The van der Waals surface area contributed by atoms with Crippen LogP contribution in [0, 0.1) is 0 Å². The summed E-state index contributed by atoms with van der Waals surface area (Å²) in [5.74, 6) is 0. The number of aliphatic hydroxyl groups is 1. The Kier molecular flexibility index (Phi) is 2.30. The normalized spacial score (nSPS) is 17.4. The second kappa shape index (κ2) is 3.61. The van der Waals surface area contributed by atoms with Gasteiger partial charge in [-0.2, -0.15) is 0 Å². The molecule has 1 aliphatic carbocycles. The molecular weight excluding hydrogens is 210 g/mol. The first-order valence-corrected chi connectivity index (χ1v) is 6.39. The van der Waals surface area contributed by atoms with E-state index >= 15 is 0 Å². The molecule has 2 heteroatoms. The van der Waals surface area contributed by atoms with E-state index < -0.39 is 5.60 Å². The highest BCUT2D eigenvalue weighted by atomic mass is 16.3. The molecule has 2 nitrogen and oxygen atoms in total. The maximum absolute atomic E-state index is 10.0. The van der Waals surface area contributed by atoms with Crippen molar-refractivity contribution >= 4 is 10.9 Å². The summed E-state index contributed by atoms with van der Waals surface area (Å²) in [6.07, 6.45) is 6.14. The van der Waals surface area contributed by atoms with Crippen LogP contribution in [0.2, 0.25) is 0 Å². The molecule has 0 unspecified atom stereocenters.